The van der Waals surface area contributed by atoms with Gasteiger partial charge in [-0.15, -0.1) is 23.2 Å². The fourth-order valence-corrected chi connectivity index (χ4v) is 6.80. The third-order valence-corrected chi connectivity index (χ3v) is 9.39. The molecule has 3 aromatic rings. The molecule has 1 heterocycles. The predicted molar refractivity (Wildman–Crippen MR) is 179 cm³/mol. The molecule has 2 atom stereocenters. The zero-order valence-corrected chi connectivity index (χ0v) is 26.9. The third-order valence-electron chi connectivity index (χ3n) is 7.20. The van der Waals surface area contributed by atoms with E-state index >= 15 is 0 Å². The van der Waals surface area contributed by atoms with Gasteiger partial charge in [0.25, 0.3) is 5.91 Å². The normalized spacial score (nSPS) is 16.4. The van der Waals surface area contributed by atoms with E-state index in [0.717, 1.165) is 29.7 Å². The number of methoxy groups -OCH3 is 1. The van der Waals surface area contributed by atoms with Gasteiger partial charge in [0, 0.05) is 42.5 Å². The second kappa shape index (κ2) is 16.4. The highest BCUT2D eigenvalue weighted by Crippen LogP contribution is 2.50. The summed E-state index contributed by atoms with van der Waals surface area (Å²) in [6.45, 7) is 3.85. The molecule has 9 nitrogen and oxygen atoms in total. The van der Waals surface area contributed by atoms with Gasteiger partial charge >= 0.3 is 0 Å². The molecule has 6 N–H and O–H groups in total. The lowest BCUT2D eigenvalue weighted by Crippen LogP contribution is -2.48. The number of aliphatic hydroxyl groups excluding tert-OH is 1. The minimum absolute atomic E-state index is 0. The van der Waals surface area contributed by atoms with Gasteiger partial charge in [0.2, 0.25) is 0 Å². The fraction of sp³-hybridized carbons (Fsp3) is 0.387. The van der Waals surface area contributed by atoms with Gasteiger partial charge in [-0.05, 0) is 79.8 Å². The third kappa shape index (κ3) is 9.90. The number of hydrogen-bond acceptors (Lipinski definition) is 8. The zero-order chi connectivity index (χ0) is 30.1. The van der Waals surface area contributed by atoms with Crippen molar-refractivity contribution in [3.05, 3.63) is 88.4 Å². The Morgan fingerprint density at radius 1 is 1.07 bits per heavy atom. The van der Waals surface area contributed by atoms with E-state index in [9.17, 15) is 19.0 Å². The van der Waals surface area contributed by atoms with Crippen LogP contribution in [0, 0.1) is 0 Å². The summed E-state index contributed by atoms with van der Waals surface area (Å²) in [5.74, 6) is 0.695. The molecule has 0 saturated carbocycles. The maximum absolute atomic E-state index is 13.7. The van der Waals surface area contributed by atoms with E-state index in [4.69, 9.17) is 16.3 Å². The van der Waals surface area contributed by atoms with Gasteiger partial charge in [-0.25, -0.2) is 0 Å². The molecule has 3 aromatic carbocycles. The first kappa shape index (κ1) is 34.8. The Labute approximate surface area is 266 Å². The van der Waals surface area contributed by atoms with E-state index in [1.807, 2.05) is 49.4 Å². The van der Waals surface area contributed by atoms with E-state index in [1.165, 1.54) is 0 Å². The number of ether oxygens (including phenoxy) is 1. The van der Waals surface area contributed by atoms with Crippen LogP contribution in [-0.2, 0) is 13.0 Å². The minimum atomic E-state index is -2.96. The smallest absolute Gasteiger partial charge is 0.251 e. The van der Waals surface area contributed by atoms with Crippen molar-refractivity contribution in [3.8, 4) is 5.75 Å². The Bertz CT molecular complexity index is 1330. The largest absolute Gasteiger partial charge is 0.497 e. The molecule has 0 radical (unpaired) electrons. The quantitative estimate of drug-likeness (QED) is 0.134. The molecule has 1 aliphatic heterocycles. The Morgan fingerprint density at radius 3 is 2.53 bits per heavy atom. The second-order valence-corrected chi connectivity index (χ2v) is 13.0. The second-order valence-electron chi connectivity index (χ2n) is 10.4. The molecular formula is C31H42Cl2N4O5S. The van der Waals surface area contributed by atoms with Gasteiger partial charge in [0.1, 0.15) is 5.75 Å². The highest BCUT2D eigenvalue weighted by Gasteiger charge is 2.28. The summed E-state index contributed by atoms with van der Waals surface area (Å²) in [4.78, 5) is 13.7. The van der Waals surface area contributed by atoms with Crippen LogP contribution in [-0.4, -0.2) is 64.8 Å². The van der Waals surface area contributed by atoms with Gasteiger partial charge in [-0.1, -0.05) is 35.9 Å². The number of aliphatic hydroxyl groups is 1. The van der Waals surface area contributed by atoms with E-state index in [2.05, 4.69) is 16.0 Å². The lowest BCUT2D eigenvalue weighted by Gasteiger charge is -2.47. The summed E-state index contributed by atoms with van der Waals surface area (Å²) in [5.41, 5.74) is 3.57. The SMILES string of the molecule is CCNc1cc(C(=O)N[C@@H](Cc2ccc(Cl)cc2)[C@@H](O)CNCc2cccc(OC)c2)cc(N2CCCCS2(O)O)c1.Cl. The maximum atomic E-state index is 13.7. The molecule has 4 rings (SSSR count). The molecule has 236 valence electrons. The summed E-state index contributed by atoms with van der Waals surface area (Å²) in [7, 11) is -1.34. The van der Waals surface area contributed by atoms with Crippen LogP contribution in [0.3, 0.4) is 0 Å². The van der Waals surface area contributed by atoms with Crippen molar-refractivity contribution in [2.75, 3.05) is 42.1 Å². The number of nitrogens with one attached hydrogen (secondary N) is 3. The van der Waals surface area contributed by atoms with Crippen LogP contribution in [0.1, 0.15) is 41.3 Å². The summed E-state index contributed by atoms with van der Waals surface area (Å²) < 4.78 is 28.3. The molecule has 0 unspecified atom stereocenters. The van der Waals surface area contributed by atoms with Gasteiger partial charge < -0.3 is 25.8 Å². The van der Waals surface area contributed by atoms with Crippen molar-refractivity contribution in [2.45, 2.75) is 44.9 Å². The standard InChI is InChI=1S/C31H41ClN4O5S.ClH/c1-3-34-26-17-24(18-27(19-26)36-13-4-5-14-42(36,39)40)31(38)35-29(16-22-9-11-25(32)12-10-22)30(37)21-33-20-23-7-6-8-28(15-23)41-2;/h6-12,15,17-19,29-30,33-34,37,39-40H,3-5,13-14,16,20-21H2,1-2H3,(H,35,38);1H/t29-,30-;/m0./s1. The lowest BCUT2D eigenvalue weighted by molar-refractivity contribution is 0.0830. The first-order chi connectivity index (χ1) is 20.2. The number of carbonyl (C=O) groups excluding carboxylic acids is 1. The topological polar surface area (TPSA) is 126 Å². The van der Waals surface area contributed by atoms with Crippen molar-refractivity contribution in [1.82, 2.24) is 10.6 Å². The van der Waals surface area contributed by atoms with Crippen LogP contribution in [0.5, 0.6) is 5.75 Å². The molecule has 0 spiro atoms. The molecule has 0 bridgehead atoms. The molecule has 1 aliphatic rings. The minimum Gasteiger partial charge on any atom is -0.497 e. The van der Waals surface area contributed by atoms with Gasteiger partial charge in [-0.3, -0.25) is 18.2 Å². The average molecular weight is 654 g/mol. The highest BCUT2D eigenvalue weighted by atomic mass is 35.5. The van der Waals surface area contributed by atoms with Crippen molar-refractivity contribution < 1.29 is 23.7 Å². The number of amides is 1. The van der Waals surface area contributed by atoms with Gasteiger partial charge in [-0.2, -0.15) is 0 Å². The van der Waals surface area contributed by atoms with Crippen LogP contribution in [0.2, 0.25) is 5.02 Å². The zero-order valence-electron chi connectivity index (χ0n) is 24.5. The van der Waals surface area contributed by atoms with Crippen LogP contribution < -0.4 is 25.0 Å². The van der Waals surface area contributed by atoms with Crippen molar-refractivity contribution in [1.29, 1.82) is 0 Å². The summed E-state index contributed by atoms with van der Waals surface area (Å²) in [6, 6.07) is 19.7. The van der Waals surface area contributed by atoms with E-state index < -0.39 is 22.9 Å². The van der Waals surface area contributed by atoms with Crippen LogP contribution in [0.15, 0.2) is 66.7 Å². The fourth-order valence-electron chi connectivity index (χ4n) is 5.00. The molecule has 0 aromatic heterocycles. The maximum Gasteiger partial charge on any atom is 0.251 e. The number of halogens is 2. The van der Waals surface area contributed by atoms with Crippen LogP contribution >= 0.6 is 34.8 Å². The average Bonchev–Trinajstić information content (AvgIpc) is 2.97. The number of nitrogens with zero attached hydrogens (tertiary/aromatic N) is 1. The number of carbonyl (C=O) groups is 1. The van der Waals surface area contributed by atoms with Crippen molar-refractivity contribution >= 4 is 52.1 Å². The van der Waals surface area contributed by atoms with E-state index in [0.29, 0.717) is 53.8 Å². The monoisotopic (exact) mass is 652 g/mol. The van der Waals surface area contributed by atoms with E-state index in [-0.39, 0.29) is 24.9 Å². The Hall–Kier alpha value is -2.70. The Kier molecular flexibility index (Phi) is 13.3. The number of anilines is 2. The van der Waals surface area contributed by atoms with Gasteiger partial charge in [0.15, 0.2) is 0 Å². The number of benzene rings is 3. The van der Waals surface area contributed by atoms with Crippen molar-refractivity contribution in [2.24, 2.45) is 0 Å². The lowest BCUT2D eigenvalue weighted by atomic mass is 10.00. The first-order valence-electron chi connectivity index (χ1n) is 14.2. The summed E-state index contributed by atoms with van der Waals surface area (Å²) >= 11 is 6.08. The van der Waals surface area contributed by atoms with Crippen LogP contribution in [0.4, 0.5) is 11.4 Å². The van der Waals surface area contributed by atoms with Gasteiger partial charge in [0.05, 0.1) is 30.7 Å². The van der Waals surface area contributed by atoms with Crippen molar-refractivity contribution in [3.63, 3.8) is 0 Å². The molecule has 1 fully saturated rings. The molecule has 1 amide bonds. The molecular weight excluding hydrogens is 611 g/mol. The predicted octanol–water partition coefficient (Wildman–Crippen LogP) is 5.96. The Balaban J connectivity index is 0.00000506. The summed E-state index contributed by atoms with van der Waals surface area (Å²) in [5, 5.41) is 21.4. The van der Waals surface area contributed by atoms with E-state index in [1.54, 1.807) is 35.7 Å². The number of hydrogen-bond donors (Lipinski definition) is 6. The molecule has 43 heavy (non-hydrogen) atoms. The molecule has 12 heteroatoms. The van der Waals surface area contributed by atoms with Crippen LogP contribution in [0.25, 0.3) is 0 Å². The summed E-state index contributed by atoms with van der Waals surface area (Å²) in [6.07, 6.45) is 1.06. The Morgan fingerprint density at radius 2 is 1.84 bits per heavy atom. The molecule has 1 saturated heterocycles. The number of rotatable bonds is 13. The first-order valence-corrected chi connectivity index (χ1v) is 16.2. The highest BCUT2D eigenvalue weighted by molar-refractivity contribution is 8.25. The molecule has 0 aliphatic carbocycles.